The lowest BCUT2D eigenvalue weighted by atomic mass is 9.98. The summed E-state index contributed by atoms with van der Waals surface area (Å²) in [6, 6.07) is 0. The largest absolute Gasteiger partial charge is 0.369 e. The van der Waals surface area contributed by atoms with E-state index in [4.69, 9.17) is 5.73 Å². The maximum atomic E-state index is 10.5. The number of hydrogen-bond acceptors (Lipinski definition) is 2. The molecule has 0 aromatic carbocycles. The monoisotopic (exact) mass is 127 g/mol. The third-order valence-electron chi connectivity index (χ3n) is 1.56. The van der Waals surface area contributed by atoms with E-state index < -0.39 is 0 Å². The van der Waals surface area contributed by atoms with Crippen LogP contribution in [0.25, 0.3) is 0 Å². The molecule has 3 nitrogen and oxygen atoms in total. The van der Waals surface area contributed by atoms with Crippen LogP contribution in [-0.2, 0) is 4.79 Å². The number of primary amides is 1. The fourth-order valence-corrected chi connectivity index (χ4v) is 0.975. The number of carbonyl (C=O) groups excluding carboxylic acids is 1. The zero-order valence-electron chi connectivity index (χ0n) is 5.31. The maximum absolute atomic E-state index is 10.5. The summed E-state index contributed by atoms with van der Waals surface area (Å²) in [6.07, 6.45) is 1.66. The van der Waals surface area contributed by atoms with Crippen molar-refractivity contribution in [3.8, 4) is 0 Å². The Balaban J connectivity index is 2.31. The minimum Gasteiger partial charge on any atom is -0.369 e. The van der Waals surface area contributed by atoms with Crippen molar-refractivity contribution in [2.24, 2.45) is 5.73 Å². The molecular weight excluding hydrogens is 116 g/mol. The predicted octanol–water partition coefficient (Wildman–Crippen LogP) is -0.570. The molecule has 9 heavy (non-hydrogen) atoms. The third kappa shape index (κ3) is 1.68. The predicted molar refractivity (Wildman–Crippen MR) is 34.5 cm³/mol. The molecule has 0 aliphatic carbocycles. The molecule has 0 saturated carbocycles. The molecule has 0 unspecified atom stereocenters. The summed E-state index contributed by atoms with van der Waals surface area (Å²) in [4.78, 5) is 10.5. The van der Waals surface area contributed by atoms with E-state index >= 15 is 0 Å². The van der Waals surface area contributed by atoms with Crippen LogP contribution in [0, 0.1) is 5.92 Å². The summed E-state index contributed by atoms with van der Waals surface area (Å²) in [5.41, 5.74) is 5.06. The van der Waals surface area contributed by atoms with Gasteiger partial charge in [-0.3, -0.25) is 4.79 Å². The van der Waals surface area contributed by atoms with Crippen LogP contribution in [0.1, 0.15) is 12.8 Å². The molecule has 1 heterocycles. The molecule has 3 heteroatoms. The first-order chi connectivity index (χ1) is 4.30. The summed E-state index contributed by atoms with van der Waals surface area (Å²) in [5, 5.41) is 3.14. The molecule has 1 aliphatic rings. The first kappa shape index (κ1) is 6.55. The van der Waals surface area contributed by atoms with Crippen molar-refractivity contribution < 1.29 is 4.79 Å². The normalized spacial score (nSPS) is 21.8. The number of nitrogens with one attached hydrogen (secondary N) is 1. The summed E-state index contributed by atoms with van der Waals surface area (Å²) in [7, 11) is 0. The molecule has 0 aromatic rings. The lowest BCUT2D eigenvalue weighted by Crippen LogP contribution is -2.33. The molecule has 1 aliphatic heterocycles. The van der Waals surface area contributed by atoms with E-state index in [1.165, 1.54) is 0 Å². The van der Waals surface area contributed by atoms with Crippen molar-refractivity contribution in [3.05, 3.63) is 5.92 Å². The minimum absolute atomic E-state index is 0.225. The van der Waals surface area contributed by atoms with Gasteiger partial charge in [0.2, 0.25) is 5.91 Å². The SMILES string of the molecule is NC(=O)[C]1CCNCC1. The van der Waals surface area contributed by atoms with Gasteiger partial charge in [0.1, 0.15) is 0 Å². The lowest BCUT2D eigenvalue weighted by Gasteiger charge is -2.18. The molecule has 3 N–H and O–H groups in total. The number of amides is 1. The van der Waals surface area contributed by atoms with Gasteiger partial charge >= 0.3 is 0 Å². The van der Waals surface area contributed by atoms with E-state index in [1.807, 2.05) is 0 Å². The number of nitrogens with two attached hydrogens (primary N) is 1. The molecule has 1 fully saturated rings. The van der Waals surface area contributed by atoms with Crippen molar-refractivity contribution in [1.29, 1.82) is 0 Å². The van der Waals surface area contributed by atoms with Crippen molar-refractivity contribution in [2.45, 2.75) is 12.8 Å². The molecular formula is C6H11N2O. The van der Waals surface area contributed by atoms with Crippen LogP contribution >= 0.6 is 0 Å². The molecule has 0 bridgehead atoms. The van der Waals surface area contributed by atoms with Gasteiger partial charge in [0.15, 0.2) is 0 Å². The van der Waals surface area contributed by atoms with Crippen LogP contribution in [0.2, 0.25) is 0 Å². The van der Waals surface area contributed by atoms with Gasteiger partial charge in [-0.05, 0) is 25.9 Å². The molecule has 1 amide bonds. The maximum Gasteiger partial charge on any atom is 0.224 e. The van der Waals surface area contributed by atoms with Crippen molar-refractivity contribution in [2.75, 3.05) is 13.1 Å². The van der Waals surface area contributed by atoms with Gasteiger partial charge in [0.25, 0.3) is 0 Å². The summed E-state index contributed by atoms with van der Waals surface area (Å²) in [5.74, 6) is 0.658. The standard InChI is InChI=1S/C6H11N2O/c7-6(9)5-1-3-8-4-2-5/h8H,1-4H2,(H2,7,9). The van der Waals surface area contributed by atoms with Crippen molar-refractivity contribution in [1.82, 2.24) is 5.32 Å². The van der Waals surface area contributed by atoms with Crippen LogP contribution < -0.4 is 11.1 Å². The fourth-order valence-electron chi connectivity index (χ4n) is 0.975. The van der Waals surface area contributed by atoms with Crippen molar-refractivity contribution in [3.63, 3.8) is 0 Å². The Labute approximate surface area is 54.6 Å². The second-order valence-electron chi connectivity index (χ2n) is 2.22. The molecule has 1 saturated heterocycles. The van der Waals surface area contributed by atoms with Gasteiger partial charge in [0.05, 0.1) is 5.92 Å². The molecule has 1 radical (unpaired) electrons. The van der Waals surface area contributed by atoms with E-state index in [2.05, 4.69) is 5.32 Å². The molecule has 0 atom stereocenters. The fraction of sp³-hybridized carbons (Fsp3) is 0.667. The Kier molecular flexibility index (Phi) is 2.05. The smallest absolute Gasteiger partial charge is 0.224 e. The van der Waals surface area contributed by atoms with Gasteiger partial charge < -0.3 is 11.1 Å². The lowest BCUT2D eigenvalue weighted by molar-refractivity contribution is -0.116. The summed E-state index contributed by atoms with van der Waals surface area (Å²) in [6.45, 7) is 1.80. The molecule has 0 aromatic heterocycles. The highest BCUT2D eigenvalue weighted by atomic mass is 16.1. The van der Waals surface area contributed by atoms with Crippen molar-refractivity contribution >= 4 is 5.91 Å². The summed E-state index contributed by atoms with van der Waals surface area (Å²) < 4.78 is 0. The highest BCUT2D eigenvalue weighted by Crippen LogP contribution is 2.11. The zero-order chi connectivity index (χ0) is 6.69. The highest BCUT2D eigenvalue weighted by molar-refractivity contribution is 5.88. The second-order valence-corrected chi connectivity index (χ2v) is 2.22. The van der Waals surface area contributed by atoms with E-state index in [-0.39, 0.29) is 5.91 Å². The quantitative estimate of drug-likeness (QED) is 0.495. The second kappa shape index (κ2) is 2.82. The first-order valence-electron chi connectivity index (χ1n) is 3.16. The van der Waals surface area contributed by atoms with Gasteiger partial charge in [-0.25, -0.2) is 0 Å². The summed E-state index contributed by atoms with van der Waals surface area (Å²) >= 11 is 0. The average molecular weight is 127 g/mol. The van der Waals surface area contributed by atoms with Gasteiger partial charge in [-0.15, -0.1) is 0 Å². The number of carbonyl (C=O) groups is 1. The Bertz CT molecular complexity index is 108. The van der Waals surface area contributed by atoms with E-state index in [0.29, 0.717) is 0 Å². The van der Waals surface area contributed by atoms with Crippen LogP contribution in [-0.4, -0.2) is 19.0 Å². The van der Waals surface area contributed by atoms with Crippen LogP contribution in [0.3, 0.4) is 0 Å². The van der Waals surface area contributed by atoms with Gasteiger partial charge in [-0.1, -0.05) is 0 Å². The Morgan fingerprint density at radius 3 is 2.33 bits per heavy atom. The first-order valence-corrected chi connectivity index (χ1v) is 3.16. The minimum atomic E-state index is -0.225. The molecule has 51 valence electrons. The molecule has 0 spiro atoms. The Morgan fingerprint density at radius 2 is 2.00 bits per heavy atom. The van der Waals surface area contributed by atoms with Gasteiger partial charge in [-0.2, -0.15) is 0 Å². The topological polar surface area (TPSA) is 55.1 Å². The van der Waals surface area contributed by atoms with Gasteiger partial charge in [0, 0.05) is 0 Å². The van der Waals surface area contributed by atoms with E-state index in [1.54, 1.807) is 0 Å². The molecule has 1 rings (SSSR count). The highest BCUT2D eigenvalue weighted by Gasteiger charge is 2.18. The number of piperidine rings is 1. The zero-order valence-corrected chi connectivity index (χ0v) is 5.31. The number of hydrogen-bond donors (Lipinski definition) is 2. The van der Waals surface area contributed by atoms with Crippen LogP contribution in [0.5, 0.6) is 0 Å². The van der Waals surface area contributed by atoms with E-state index in [0.717, 1.165) is 31.8 Å². The number of rotatable bonds is 1. The Morgan fingerprint density at radius 1 is 1.44 bits per heavy atom. The van der Waals surface area contributed by atoms with E-state index in [9.17, 15) is 4.79 Å². The van der Waals surface area contributed by atoms with Crippen LogP contribution in [0.15, 0.2) is 0 Å². The van der Waals surface area contributed by atoms with Crippen LogP contribution in [0.4, 0.5) is 0 Å². The Hall–Kier alpha value is -0.570. The average Bonchev–Trinajstić information content (AvgIpc) is 1.90. The third-order valence-corrected chi connectivity index (χ3v) is 1.56.